The maximum atomic E-state index is 5.87. The van der Waals surface area contributed by atoms with Crippen molar-refractivity contribution in [3.63, 3.8) is 0 Å². The van der Waals surface area contributed by atoms with Gasteiger partial charge >= 0.3 is 0 Å². The second-order valence-corrected chi connectivity index (χ2v) is 6.26. The van der Waals surface area contributed by atoms with Crippen LogP contribution in [-0.4, -0.2) is 6.54 Å². The Kier molecular flexibility index (Phi) is 4.87. The average molecular weight is 221 g/mol. The molecule has 1 saturated carbocycles. The molecule has 1 fully saturated rings. The zero-order valence-electron chi connectivity index (χ0n) is 11.3. The van der Waals surface area contributed by atoms with E-state index in [0.29, 0.717) is 11.3 Å². The van der Waals surface area contributed by atoms with E-state index in [9.17, 15) is 0 Å². The van der Waals surface area contributed by atoms with E-state index in [1.54, 1.807) is 0 Å². The van der Waals surface area contributed by atoms with Crippen molar-refractivity contribution in [2.75, 3.05) is 6.54 Å². The first-order valence-corrected chi connectivity index (χ1v) is 6.58. The molecule has 0 saturated heterocycles. The Bertz CT molecular complexity index is 263. The summed E-state index contributed by atoms with van der Waals surface area (Å²) in [7, 11) is 0. The predicted molar refractivity (Wildman–Crippen MR) is 70.9 cm³/mol. The van der Waals surface area contributed by atoms with Gasteiger partial charge in [-0.25, -0.2) is 0 Å². The average Bonchev–Trinajstić information content (AvgIpc) is 2.24. The van der Waals surface area contributed by atoms with E-state index in [2.05, 4.69) is 32.6 Å². The van der Waals surface area contributed by atoms with Gasteiger partial charge in [0.25, 0.3) is 0 Å². The first-order valence-electron chi connectivity index (χ1n) is 6.58. The van der Waals surface area contributed by atoms with Gasteiger partial charge in [0.2, 0.25) is 0 Å². The lowest BCUT2D eigenvalue weighted by atomic mass is 9.65. The predicted octanol–water partition coefficient (Wildman–Crippen LogP) is 3.44. The molecule has 0 aromatic carbocycles. The maximum Gasteiger partial charge on any atom is 0.0120 e. The van der Waals surface area contributed by atoms with Gasteiger partial charge in [-0.3, -0.25) is 0 Å². The third kappa shape index (κ3) is 3.52. The zero-order valence-corrected chi connectivity index (χ0v) is 11.3. The number of nitrogens with two attached hydrogens (primary N) is 1. The van der Waals surface area contributed by atoms with Gasteiger partial charge in [-0.15, -0.1) is 11.8 Å². The molecule has 0 aromatic heterocycles. The summed E-state index contributed by atoms with van der Waals surface area (Å²) in [6.07, 6.45) is 5.01. The summed E-state index contributed by atoms with van der Waals surface area (Å²) in [5.41, 5.74) is 6.31. The van der Waals surface area contributed by atoms with E-state index in [4.69, 9.17) is 5.73 Å². The number of hydrogen-bond donors (Lipinski definition) is 1. The smallest absolute Gasteiger partial charge is 0.0120 e. The number of rotatable bonds is 2. The van der Waals surface area contributed by atoms with E-state index < -0.39 is 0 Å². The van der Waals surface area contributed by atoms with Crippen molar-refractivity contribution in [2.45, 2.75) is 53.4 Å². The molecule has 0 radical (unpaired) electrons. The van der Waals surface area contributed by atoms with Gasteiger partial charge in [0.15, 0.2) is 0 Å². The lowest BCUT2D eigenvalue weighted by Gasteiger charge is -2.41. The first-order chi connectivity index (χ1) is 7.49. The van der Waals surface area contributed by atoms with Crippen LogP contribution in [0.1, 0.15) is 53.4 Å². The molecule has 2 N–H and O–H groups in total. The molecule has 16 heavy (non-hydrogen) atoms. The van der Waals surface area contributed by atoms with Crippen LogP contribution in [0, 0.1) is 35.0 Å². The van der Waals surface area contributed by atoms with Crippen LogP contribution in [0.25, 0.3) is 0 Å². The fraction of sp³-hybridized carbons (Fsp3) is 0.867. The summed E-state index contributed by atoms with van der Waals surface area (Å²) in [5, 5.41) is 0. The molecular weight excluding hydrogens is 194 g/mol. The van der Waals surface area contributed by atoms with Crippen LogP contribution in [0.5, 0.6) is 0 Å². The van der Waals surface area contributed by atoms with Gasteiger partial charge in [-0.2, -0.15) is 0 Å². The molecule has 0 aliphatic heterocycles. The summed E-state index contributed by atoms with van der Waals surface area (Å²) in [6, 6.07) is 0. The largest absolute Gasteiger partial charge is 0.330 e. The second-order valence-electron chi connectivity index (χ2n) is 6.26. The highest BCUT2D eigenvalue weighted by molar-refractivity contribution is 4.99. The summed E-state index contributed by atoms with van der Waals surface area (Å²) < 4.78 is 0. The van der Waals surface area contributed by atoms with Crippen molar-refractivity contribution in [1.29, 1.82) is 0 Å². The van der Waals surface area contributed by atoms with Crippen molar-refractivity contribution in [2.24, 2.45) is 28.9 Å². The van der Waals surface area contributed by atoms with Gasteiger partial charge in [0, 0.05) is 6.42 Å². The fourth-order valence-electron chi connectivity index (χ4n) is 2.91. The minimum Gasteiger partial charge on any atom is -0.330 e. The summed E-state index contributed by atoms with van der Waals surface area (Å²) in [4.78, 5) is 0. The van der Waals surface area contributed by atoms with Crippen LogP contribution in [-0.2, 0) is 0 Å². The molecule has 0 spiro atoms. The first kappa shape index (κ1) is 13.6. The quantitative estimate of drug-likeness (QED) is 0.710. The molecule has 92 valence electrons. The van der Waals surface area contributed by atoms with Gasteiger partial charge in [-0.1, -0.05) is 20.8 Å². The highest BCUT2D eigenvalue weighted by atomic mass is 14.6. The second kappa shape index (κ2) is 5.73. The van der Waals surface area contributed by atoms with Crippen molar-refractivity contribution in [3.05, 3.63) is 0 Å². The van der Waals surface area contributed by atoms with E-state index in [-0.39, 0.29) is 0 Å². The lowest BCUT2D eigenvalue weighted by molar-refractivity contribution is 0.103. The molecule has 1 nitrogen and oxygen atoms in total. The van der Waals surface area contributed by atoms with Crippen molar-refractivity contribution in [1.82, 2.24) is 0 Å². The monoisotopic (exact) mass is 221 g/mol. The number of hydrogen-bond acceptors (Lipinski definition) is 1. The standard InChI is InChI=1S/C15H27N/c1-5-6-7-12-10-14(15(2,3)4)9-8-13(12)11-16/h12-14H,7-11,16H2,1-4H3. The third-order valence-electron chi connectivity index (χ3n) is 4.21. The van der Waals surface area contributed by atoms with E-state index in [0.717, 1.165) is 24.8 Å². The minimum atomic E-state index is 0.442. The Morgan fingerprint density at radius 2 is 1.88 bits per heavy atom. The molecule has 0 bridgehead atoms. The molecule has 1 heteroatoms. The maximum absolute atomic E-state index is 5.87. The van der Waals surface area contributed by atoms with Gasteiger partial charge in [0.05, 0.1) is 0 Å². The Labute approximate surface area is 101 Å². The molecule has 1 rings (SSSR count). The molecule has 3 unspecified atom stereocenters. The topological polar surface area (TPSA) is 26.0 Å². The van der Waals surface area contributed by atoms with Crippen LogP contribution in [0.3, 0.4) is 0 Å². The van der Waals surface area contributed by atoms with E-state index in [1.165, 1.54) is 19.3 Å². The normalized spacial score (nSPS) is 30.7. The van der Waals surface area contributed by atoms with Gasteiger partial charge in [-0.05, 0) is 55.9 Å². The molecule has 1 aliphatic carbocycles. The molecular formula is C15H27N. The van der Waals surface area contributed by atoms with E-state index in [1.807, 2.05) is 6.92 Å². The van der Waals surface area contributed by atoms with E-state index >= 15 is 0 Å². The fourth-order valence-corrected chi connectivity index (χ4v) is 2.91. The molecule has 3 atom stereocenters. The summed E-state index contributed by atoms with van der Waals surface area (Å²) in [6.45, 7) is 9.86. The van der Waals surface area contributed by atoms with Crippen LogP contribution < -0.4 is 5.73 Å². The van der Waals surface area contributed by atoms with Gasteiger partial charge < -0.3 is 5.73 Å². The highest BCUT2D eigenvalue weighted by Crippen LogP contribution is 2.43. The Balaban J connectivity index is 2.64. The van der Waals surface area contributed by atoms with Gasteiger partial charge in [0.1, 0.15) is 0 Å². The Hall–Kier alpha value is -0.480. The van der Waals surface area contributed by atoms with Crippen LogP contribution in [0.15, 0.2) is 0 Å². The molecule has 1 aliphatic rings. The zero-order chi connectivity index (χ0) is 12.2. The highest BCUT2D eigenvalue weighted by Gasteiger charge is 2.34. The Morgan fingerprint density at radius 1 is 1.19 bits per heavy atom. The van der Waals surface area contributed by atoms with Crippen molar-refractivity contribution in [3.8, 4) is 11.8 Å². The lowest BCUT2D eigenvalue weighted by Crippen LogP contribution is -2.34. The van der Waals surface area contributed by atoms with Crippen molar-refractivity contribution < 1.29 is 0 Å². The van der Waals surface area contributed by atoms with Crippen molar-refractivity contribution >= 4 is 0 Å². The minimum absolute atomic E-state index is 0.442. The SMILES string of the molecule is CC#CCC1CC(C(C)(C)C)CCC1CN. The van der Waals surface area contributed by atoms with Crippen LogP contribution in [0.2, 0.25) is 0 Å². The third-order valence-corrected chi connectivity index (χ3v) is 4.21. The van der Waals surface area contributed by atoms with Crippen LogP contribution >= 0.6 is 0 Å². The molecule has 0 heterocycles. The molecule has 0 aromatic rings. The van der Waals surface area contributed by atoms with Crippen LogP contribution in [0.4, 0.5) is 0 Å². The summed E-state index contributed by atoms with van der Waals surface area (Å²) in [5.74, 6) is 8.56. The molecule has 0 amide bonds. The Morgan fingerprint density at radius 3 is 2.38 bits per heavy atom. The summed E-state index contributed by atoms with van der Waals surface area (Å²) >= 11 is 0.